The number of alkyl carbamates (subject to hydrolysis) is 1. The molecule has 282 valence electrons. The van der Waals surface area contributed by atoms with E-state index in [2.05, 4.69) is 33.3 Å². The van der Waals surface area contributed by atoms with Gasteiger partial charge in [0, 0.05) is 30.5 Å². The number of aliphatic hydroxyl groups excluding tert-OH is 1. The lowest BCUT2D eigenvalue weighted by Gasteiger charge is -2.30. The van der Waals surface area contributed by atoms with Crippen LogP contribution in [0.25, 0.3) is 0 Å². The van der Waals surface area contributed by atoms with Crippen LogP contribution in [0.4, 0.5) is 9.59 Å². The second-order valence-electron chi connectivity index (χ2n) is 13.9. The number of ether oxygens (including phenoxy) is 1. The zero-order valence-corrected chi connectivity index (χ0v) is 31.3. The molecule has 1 unspecified atom stereocenters. The van der Waals surface area contributed by atoms with Crippen molar-refractivity contribution in [1.82, 2.24) is 31.0 Å². The van der Waals surface area contributed by atoms with Crippen LogP contribution in [-0.2, 0) is 35.5 Å². The van der Waals surface area contributed by atoms with Gasteiger partial charge in [-0.1, -0.05) is 91.8 Å². The standard InChI is InChI=1S/C40H50N6O6S/c1-27(2)36(45-39(49)46(3)24-32-26-53-38(43-32)30-17-11-6-12-18-30)37(48)42-31(21-28-13-7-4-8-14-28)23-35(47)34(22-29-15-9-5-10-16-29)44-40(50)51-25-33-19-20-41-52-33/h4-11,13-16,19-20,26-27,30-31,34-36,47H,12,17-18,21-25H2,1-3H3,(H,42,48)(H,44,50)(H,45,49)/t30?,31-,34-,35-,36-/m0/s1. The number of hydrogen-bond acceptors (Lipinski definition) is 9. The van der Waals surface area contributed by atoms with E-state index in [1.807, 2.05) is 79.9 Å². The summed E-state index contributed by atoms with van der Waals surface area (Å²) in [6.07, 6.45) is 8.03. The minimum atomic E-state index is -1.08. The Morgan fingerprint density at radius 3 is 2.34 bits per heavy atom. The first-order chi connectivity index (χ1) is 25.6. The van der Waals surface area contributed by atoms with E-state index in [1.54, 1.807) is 24.5 Å². The summed E-state index contributed by atoms with van der Waals surface area (Å²) in [5, 5.41) is 27.3. The number of carbonyl (C=O) groups excluding carboxylic acids is 3. The molecular weight excluding hydrogens is 693 g/mol. The maximum absolute atomic E-state index is 14.0. The number of benzene rings is 2. The molecule has 53 heavy (non-hydrogen) atoms. The van der Waals surface area contributed by atoms with E-state index in [0.717, 1.165) is 41.1 Å². The lowest BCUT2D eigenvalue weighted by atomic mass is 9.93. The van der Waals surface area contributed by atoms with E-state index >= 15 is 0 Å². The fourth-order valence-electron chi connectivity index (χ4n) is 6.33. The van der Waals surface area contributed by atoms with Gasteiger partial charge in [-0.25, -0.2) is 14.6 Å². The van der Waals surface area contributed by atoms with E-state index in [1.165, 1.54) is 11.1 Å². The highest BCUT2D eigenvalue weighted by Gasteiger charge is 2.31. The molecule has 0 bridgehead atoms. The Hall–Kier alpha value is -5.01. The normalized spacial score (nSPS) is 16.3. The van der Waals surface area contributed by atoms with E-state index in [-0.39, 0.29) is 30.9 Å². The van der Waals surface area contributed by atoms with E-state index in [9.17, 15) is 19.5 Å². The Balaban J connectivity index is 1.25. The summed E-state index contributed by atoms with van der Waals surface area (Å²) in [7, 11) is 1.69. The van der Waals surface area contributed by atoms with Crippen molar-refractivity contribution in [2.45, 2.75) is 95.7 Å². The molecule has 1 aliphatic rings. The van der Waals surface area contributed by atoms with Gasteiger partial charge in [-0.05, 0) is 55.6 Å². The molecule has 0 radical (unpaired) electrons. The summed E-state index contributed by atoms with van der Waals surface area (Å²) in [6.45, 7) is 3.95. The highest BCUT2D eigenvalue weighted by molar-refractivity contribution is 7.09. The van der Waals surface area contributed by atoms with E-state index in [0.29, 0.717) is 31.1 Å². The summed E-state index contributed by atoms with van der Waals surface area (Å²) < 4.78 is 10.4. The van der Waals surface area contributed by atoms with Crippen LogP contribution in [0.1, 0.15) is 73.0 Å². The predicted octanol–water partition coefficient (Wildman–Crippen LogP) is 6.14. The van der Waals surface area contributed by atoms with Crippen LogP contribution >= 0.6 is 11.3 Å². The highest BCUT2D eigenvalue weighted by Crippen LogP contribution is 2.31. The number of aromatic nitrogens is 2. The molecule has 12 nitrogen and oxygen atoms in total. The Morgan fingerprint density at radius 2 is 1.70 bits per heavy atom. The summed E-state index contributed by atoms with van der Waals surface area (Å²) in [5.41, 5.74) is 2.68. The molecule has 4 N–H and O–H groups in total. The van der Waals surface area contributed by atoms with Crippen molar-refractivity contribution in [1.29, 1.82) is 0 Å². The summed E-state index contributed by atoms with van der Waals surface area (Å²) in [5.74, 6) is 0.202. The van der Waals surface area contributed by atoms with Gasteiger partial charge in [-0.3, -0.25) is 4.79 Å². The number of hydrogen-bond donors (Lipinski definition) is 4. The van der Waals surface area contributed by atoms with Crippen LogP contribution in [0.2, 0.25) is 0 Å². The van der Waals surface area contributed by atoms with Crippen molar-refractivity contribution in [2.24, 2.45) is 5.92 Å². The van der Waals surface area contributed by atoms with Crippen LogP contribution < -0.4 is 16.0 Å². The molecule has 2 aromatic carbocycles. The molecule has 2 aromatic heterocycles. The first kappa shape index (κ1) is 39.2. The summed E-state index contributed by atoms with van der Waals surface area (Å²) >= 11 is 1.63. The smallest absolute Gasteiger partial charge is 0.407 e. The van der Waals surface area contributed by atoms with Crippen LogP contribution in [0.15, 0.2) is 95.0 Å². The SMILES string of the molecule is CC(C)[C@H](NC(=O)N(C)Cc1csc(C2CC=CCC2)n1)C(=O)N[C@@H](Cc1ccccc1)C[C@H](O)[C@H](Cc1ccccc1)NC(=O)OCc1ccno1. The van der Waals surface area contributed by atoms with Gasteiger partial charge in [0.25, 0.3) is 0 Å². The topological polar surface area (TPSA) is 159 Å². The first-order valence-corrected chi connectivity index (χ1v) is 19.0. The van der Waals surface area contributed by atoms with Crippen LogP contribution in [0.3, 0.4) is 0 Å². The second-order valence-corrected chi connectivity index (χ2v) is 14.8. The summed E-state index contributed by atoms with van der Waals surface area (Å²) in [6, 6.07) is 18.2. The quantitative estimate of drug-likeness (QED) is 0.0940. The predicted molar refractivity (Wildman–Crippen MR) is 203 cm³/mol. The highest BCUT2D eigenvalue weighted by atomic mass is 32.1. The van der Waals surface area contributed by atoms with Crippen molar-refractivity contribution < 1.29 is 28.8 Å². The number of aliphatic hydroxyl groups is 1. The van der Waals surface area contributed by atoms with Gasteiger partial charge in [-0.15, -0.1) is 11.3 Å². The minimum Gasteiger partial charge on any atom is -0.441 e. The van der Waals surface area contributed by atoms with Gasteiger partial charge in [0.1, 0.15) is 6.04 Å². The van der Waals surface area contributed by atoms with Crippen molar-refractivity contribution in [3.05, 3.63) is 118 Å². The zero-order chi connectivity index (χ0) is 37.6. The fourth-order valence-corrected chi connectivity index (χ4v) is 7.29. The van der Waals surface area contributed by atoms with Crippen molar-refractivity contribution in [3.63, 3.8) is 0 Å². The lowest BCUT2D eigenvalue weighted by molar-refractivity contribution is -0.124. The Labute approximate surface area is 315 Å². The Morgan fingerprint density at radius 1 is 0.981 bits per heavy atom. The fraction of sp³-hybridized carbons (Fsp3) is 0.425. The second kappa shape index (κ2) is 19.7. The van der Waals surface area contributed by atoms with Gasteiger partial charge < -0.3 is 35.2 Å². The number of nitrogens with one attached hydrogen (secondary N) is 3. The third-order valence-electron chi connectivity index (χ3n) is 9.26. The molecular formula is C40H50N6O6S. The first-order valence-electron chi connectivity index (χ1n) is 18.1. The van der Waals surface area contributed by atoms with Gasteiger partial charge in [0.05, 0.1) is 35.6 Å². The maximum Gasteiger partial charge on any atom is 0.407 e. The molecule has 5 rings (SSSR count). The molecule has 1 aliphatic carbocycles. The molecule has 0 fully saturated rings. The van der Waals surface area contributed by atoms with Gasteiger partial charge >= 0.3 is 12.1 Å². The number of rotatable bonds is 17. The molecule has 13 heteroatoms. The average Bonchev–Trinajstić information content (AvgIpc) is 3.86. The molecule has 0 saturated heterocycles. The molecule has 0 spiro atoms. The molecule has 4 amide bonds. The number of carbonyl (C=O) groups is 3. The minimum absolute atomic E-state index is 0.113. The van der Waals surface area contributed by atoms with Crippen LogP contribution in [-0.4, -0.2) is 69.5 Å². The number of nitrogens with zero attached hydrogens (tertiary/aromatic N) is 3. The number of urea groups is 1. The number of thiazole rings is 1. The van der Waals surface area contributed by atoms with Crippen molar-refractivity contribution in [3.8, 4) is 0 Å². The summed E-state index contributed by atoms with van der Waals surface area (Å²) in [4.78, 5) is 46.6. The number of amides is 4. The van der Waals surface area contributed by atoms with Crippen LogP contribution in [0, 0.1) is 5.92 Å². The third-order valence-corrected chi connectivity index (χ3v) is 10.3. The van der Waals surface area contributed by atoms with Gasteiger partial charge in [-0.2, -0.15) is 0 Å². The lowest BCUT2D eigenvalue weighted by Crippen LogP contribution is -2.55. The molecule has 0 aliphatic heterocycles. The third kappa shape index (κ3) is 12.3. The molecule has 5 atom stereocenters. The monoisotopic (exact) mass is 742 g/mol. The van der Waals surface area contributed by atoms with Crippen molar-refractivity contribution >= 4 is 29.4 Å². The zero-order valence-electron chi connectivity index (χ0n) is 30.5. The number of allylic oxidation sites excluding steroid dienone is 2. The molecule has 0 saturated carbocycles. The van der Waals surface area contributed by atoms with Gasteiger partial charge in [0.15, 0.2) is 12.4 Å². The van der Waals surface area contributed by atoms with Gasteiger partial charge in [0.2, 0.25) is 5.91 Å². The molecule has 2 heterocycles. The molecule has 4 aromatic rings. The van der Waals surface area contributed by atoms with E-state index in [4.69, 9.17) is 14.2 Å². The Kier molecular flexibility index (Phi) is 14.6. The van der Waals surface area contributed by atoms with Crippen LogP contribution in [0.5, 0.6) is 0 Å². The largest absolute Gasteiger partial charge is 0.441 e. The van der Waals surface area contributed by atoms with Crippen molar-refractivity contribution in [2.75, 3.05) is 7.05 Å². The van der Waals surface area contributed by atoms with E-state index < -0.39 is 30.3 Å². The Bertz CT molecular complexity index is 1750. The average molecular weight is 743 g/mol. The maximum atomic E-state index is 14.0.